The summed E-state index contributed by atoms with van der Waals surface area (Å²) >= 11 is 0. The number of nitrogens with zero attached hydrogens (tertiary/aromatic N) is 2. The summed E-state index contributed by atoms with van der Waals surface area (Å²) in [4.78, 5) is 11.9. The fourth-order valence-corrected chi connectivity index (χ4v) is 2.23. The van der Waals surface area contributed by atoms with E-state index in [1.807, 2.05) is 0 Å². The Balaban J connectivity index is 0.00000180. The predicted octanol–water partition coefficient (Wildman–Crippen LogP) is -0.627. The second-order valence-electron chi connectivity index (χ2n) is 4.74. The van der Waals surface area contributed by atoms with E-state index >= 15 is 0 Å². The Kier molecular flexibility index (Phi) is 6.20. The lowest BCUT2D eigenvalue weighted by Gasteiger charge is -2.29. The fourth-order valence-electron chi connectivity index (χ4n) is 2.23. The van der Waals surface area contributed by atoms with Gasteiger partial charge < -0.3 is 16.2 Å². The highest BCUT2D eigenvalue weighted by atomic mass is 35.5. The van der Waals surface area contributed by atoms with Crippen molar-refractivity contribution < 1.29 is 9.90 Å². The summed E-state index contributed by atoms with van der Waals surface area (Å²) < 4.78 is 0. The van der Waals surface area contributed by atoms with Crippen LogP contribution in [0.25, 0.3) is 0 Å². The first kappa shape index (κ1) is 15.9. The van der Waals surface area contributed by atoms with Crippen LogP contribution >= 0.6 is 12.4 Å². The third kappa shape index (κ3) is 4.45. The molecule has 0 saturated heterocycles. The topological polar surface area (TPSA) is 117 Å². The maximum Gasteiger partial charge on any atom is 0.223 e. The Bertz CT molecular complexity index is 386. The number of rotatable bonds is 4. The van der Waals surface area contributed by atoms with Crippen LogP contribution in [0.3, 0.4) is 0 Å². The number of aliphatic hydroxyl groups is 1. The molecule has 0 unspecified atom stereocenters. The molecule has 1 saturated carbocycles. The van der Waals surface area contributed by atoms with Gasteiger partial charge in [0.15, 0.2) is 0 Å². The second kappa shape index (κ2) is 7.42. The first-order valence-electron chi connectivity index (χ1n) is 6.23. The summed E-state index contributed by atoms with van der Waals surface area (Å²) in [5.41, 5.74) is 6.58. The summed E-state index contributed by atoms with van der Waals surface area (Å²) in [6.07, 6.45) is 3.68. The summed E-state index contributed by atoms with van der Waals surface area (Å²) in [5, 5.41) is 22.5. The second-order valence-corrected chi connectivity index (χ2v) is 4.74. The van der Waals surface area contributed by atoms with Gasteiger partial charge in [0.25, 0.3) is 0 Å². The van der Waals surface area contributed by atoms with Crippen LogP contribution in [0.15, 0.2) is 6.20 Å². The number of halogens is 1. The normalized spacial score (nSPS) is 26.5. The summed E-state index contributed by atoms with van der Waals surface area (Å²) in [5.74, 6) is -0.0680. The Labute approximate surface area is 117 Å². The molecule has 1 aromatic heterocycles. The molecule has 0 bridgehead atoms. The zero-order chi connectivity index (χ0) is 13.0. The van der Waals surface area contributed by atoms with Crippen molar-refractivity contribution in [3.8, 4) is 0 Å². The molecule has 1 amide bonds. The summed E-state index contributed by atoms with van der Waals surface area (Å²) in [7, 11) is 0. The van der Waals surface area contributed by atoms with Gasteiger partial charge in [0.05, 0.1) is 18.0 Å². The minimum atomic E-state index is -0.468. The number of carbonyl (C=O) groups excluding carboxylic acids is 1. The molecule has 1 aliphatic rings. The first-order chi connectivity index (χ1) is 8.66. The van der Waals surface area contributed by atoms with Gasteiger partial charge in [-0.3, -0.25) is 4.79 Å². The van der Waals surface area contributed by atoms with Gasteiger partial charge >= 0.3 is 0 Å². The van der Waals surface area contributed by atoms with Gasteiger partial charge in [-0.25, -0.2) is 0 Å². The standard InChI is InChI=1S/C11H19N5O2.ClH/c12-9-5-7(1-2-10(9)17)11(18)13-4-3-8-6-14-16-15-8;/h6-7,9-10,17H,1-5,12H2,(H,13,18)(H,14,15,16);1H/t7-,9+,10+;/m0./s1. The van der Waals surface area contributed by atoms with E-state index < -0.39 is 6.10 Å². The van der Waals surface area contributed by atoms with E-state index in [1.54, 1.807) is 6.20 Å². The van der Waals surface area contributed by atoms with E-state index in [0.717, 1.165) is 5.69 Å². The van der Waals surface area contributed by atoms with E-state index in [4.69, 9.17) is 5.73 Å². The van der Waals surface area contributed by atoms with Gasteiger partial charge in [-0.2, -0.15) is 15.4 Å². The molecule has 108 valence electrons. The van der Waals surface area contributed by atoms with Crippen molar-refractivity contribution in [3.63, 3.8) is 0 Å². The Morgan fingerprint density at radius 1 is 1.58 bits per heavy atom. The van der Waals surface area contributed by atoms with Crippen molar-refractivity contribution in [2.45, 2.75) is 37.8 Å². The maximum absolute atomic E-state index is 11.9. The van der Waals surface area contributed by atoms with Crippen LogP contribution in [-0.2, 0) is 11.2 Å². The average molecular weight is 290 g/mol. The molecule has 0 radical (unpaired) electrons. The summed E-state index contributed by atoms with van der Waals surface area (Å²) in [6.45, 7) is 0.541. The number of H-pyrrole nitrogens is 1. The summed E-state index contributed by atoms with van der Waals surface area (Å²) in [6, 6.07) is -0.287. The van der Waals surface area contributed by atoms with Crippen LogP contribution in [0.4, 0.5) is 0 Å². The molecule has 1 aliphatic carbocycles. The van der Waals surface area contributed by atoms with E-state index in [2.05, 4.69) is 20.7 Å². The molecular weight excluding hydrogens is 270 g/mol. The quantitative estimate of drug-likeness (QED) is 0.589. The molecule has 5 N–H and O–H groups in total. The number of nitrogens with one attached hydrogen (secondary N) is 2. The Morgan fingerprint density at radius 3 is 3.00 bits per heavy atom. The molecule has 3 atom stereocenters. The van der Waals surface area contributed by atoms with E-state index in [1.165, 1.54) is 0 Å². The molecule has 1 aromatic rings. The van der Waals surface area contributed by atoms with Crippen molar-refractivity contribution in [1.29, 1.82) is 0 Å². The lowest BCUT2D eigenvalue weighted by molar-refractivity contribution is -0.126. The SMILES string of the molecule is Cl.N[C@@H]1C[C@@H](C(=O)NCCc2cn[nH]n2)CC[C@H]1O. The smallest absolute Gasteiger partial charge is 0.223 e. The van der Waals surface area contributed by atoms with Gasteiger partial charge in [-0.1, -0.05) is 0 Å². The van der Waals surface area contributed by atoms with Gasteiger partial charge in [0, 0.05) is 24.9 Å². The number of amides is 1. The molecular formula is C11H20ClN5O2. The van der Waals surface area contributed by atoms with Crippen LogP contribution in [-0.4, -0.2) is 45.1 Å². The van der Waals surface area contributed by atoms with Crippen LogP contribution < -0.4 is 11.1 Å². The Hall–Kier alpha value is -1.18. The van der Waals surface area contributed by atoms with Gasteiger partial charge in [-0.05, 0) is 19.3 Å². The van der Waals surface area contributed by atoms with Crippen LogP contribution in [0.2, 0.25) is 0 Å². The van der Waals surface area contributed by atoms with E-state index in [-0.39, 0.29) is 30.3 Å². The number of nitrogens with two attached hydrogens (primary N) is 1. The number of hydrogen-bond acceptors (Lipinski definition) is 5. The number of carbonyl (C=O) groups is 1. The van der Waals surface area contributed by atoms with E-state index in [0.29, 0.717) is 32.2 Å². The maximum atomic E-state index is 11.9. The van der Waals surface area contributed by atoms with E-state index in [9.17, 15) is 9.90 Å². The average Bonchev–Trinajstić information content (AvgIpc) is 2.85. The molecule has 0 aliphatic heterocycles. The van der Waals surface area contributed by atoms with Crippen molar-refractivity contribution >= 4 is 18.3 Å². The van der Waals surface area contributed by atoms with Gasteiger partial charge in [0.2, 0.25) is 5.91 Å². The molecule has 1 fully saturated rings. The van der Waals surface area contributed by atoms with Crippen molar-refractivity contribution in [2.75, 3.05) is 6.54 Å². The minimum absolute atomic E-state index is 0. The van der Waals surface area contributed by atoms with Crippen molar-refractivity contribution in [1.82, 2.24) is 20.7 Å². The molecule has 0 aromatic carbocycles. The fraction of sp³-hybridized carbons (Fsp3) is 0.727. The highest BCUT2D eigenvalue weighted by Crippen LogP contribution is 2.23. The van der Waals surface area contributed by atoms with Crippen molar-refractivity contribution in [2.24, 2.45) is 11.7 Å². The lowest BCUT2D eigenvalue weighted by atomic mass is 9.83. The zero-order valence-electron chi connectivity index (χ0n) is 10.6. The minimum Gasteiger partial charge on any atom is -0.392 e. The van der Waals surface area contributed by atoms with Gasteiger partial charge in [-0.15, -0.1) is 12.4 Å². The van der Waals surface area contributed by atoms with Crippen LogP contribution in [0.5, 0.6) is 0 Å². The third-order valence-corrected chi connectivity index (χ3v) is 3.38. The zero-order valence-corrected chi connectivity index (χ0v) is 11.4. The number of aliphatic hydroxyl groups excluding tert-OH is 1. The largest absolute Gasteiger partial charge is 0.392 e. The first-order valence-corrected chi connectivity index (χ1v) is 6.23. The molecule has 0 spiro atoms. The molecule has 1 heterocycles. The highest BCUT2D eigenvalue weighted by Gasteiger charge is 2.30. The molecule has 7 nitrogen and oxygen atoms in total. The highest BCUT2D eigenvalue weighted by molar-refractivity contribution is 5.85. The molecule has 8 heteroatoms. The lowest BCUT2D eigenvalue weighted by Crippen LogP contribution is -2.45. The van der Waals surface area contributed by atoms with Crippen molar-refractivity contribution in [3.05, 3.63) is 11.9 Å². The predicted molar refractivity (Wildman–Crippen MR) is 71.7 cm³/mol. The molecule has 2 rings (SSSR count). The van der Waals surface area contributed by atoms with Crippen LogP contribution in [0.1, 0.15) is 25.0 Å². The monoisotopic (exact) mass is 289 g/mol. The third-order valence-electron chi connectivity index (χ3n) is 3.38. The molecule has 19 heavy (non-hydrogen) atoms. The number of aromatic nitrogens is 3. The van der Waals surface area contributed by atoms with Gasteiger partial charge in [0.1, 0.15) is 0 Å². The number of aromatic amines is 1. The Morgan fingerprint density at radius 2 is 2.37 bits per heavy atom. The number of hydrogen-bond donors (Lipinski definition) is 4. The van der Waals surface area contributed by atoms with Crippen LogP contribution in [0, 0.1) is 5.92 Å².